The molecule has 38 heavy (non-hydrogen) atoms. The first-order valence-electron chi connectivity index (χ1n) is 11.3. The van der Waals surface area contributed by atoms with Gasteiger partial charge in [-0.25, -0.2) is 9.07 Å². The van der Waals surface area contributed by atoms with Crippen molar-refractivity contribution in [3.05, 3.63) is 94.0 Å². The van der Waals surface area contributed by atoms with Crippen molar-refractivity contribution in [2.45, 2.75) is 6.42 Å². The van der Waals surface area contributed by atoms with Gasteiger partial charge in [-0.3, -0.25) is 19.4 Å². The van der Waals surface area contributed by atoms with Crippen molar-refractivity contribution in [2.75, 3.05) is 18.9 Å². The third-order valence-electron chi connectivity index (χ3n) is 5.42. The fourth-order valence-corrected chi connectivity index (χ4v) is 4.08. The first-order chi connectivity index (χ1) is 18.3. The second kappa shape index (κ2) is 11.8. The number of para-hydroxylation sites is 1. The monoisotopic (exact) mass is 554 g/mol. The van der Waals surface area contributed by atoms with E-state index in [0.29, 0.717) is 5.69 Å². The predicted octanol–water partition coefficient (Wildman–Crippen LogP) is 4.50. The fraction of sp³-hybridized carbons (Fsp3) is 0.115. The second-order valence-electron chi connectivity index (χ2n) is 7.94. The van der Waals surface area contributed by atoms with E-state index >= 15 is 0 Å². The van der Waals surface area contributed by atoms with Crippen LogP contribution in [0, 0.1) is 5.82 Å². The Labute approximate surface area is 227 Å². The fourth-order valence-electron chi connectivity index (χ4n) is 3.52. The van der Waals surface area contributed by atoms with Crippen molar-refractivity contribution in [1.82, 2.24) is 25.4 Å². The molecule has 0 aliphatic heterocycles. The number of rotatable bonds is 8. The number of anilines is 1. The first kappa shape index (κ1) is 26.8. The SMILES string of the molecule is CNC(=O)CCNC(=O)c1cc(NC(=O)c2cc(-c3ncccc3F)c(Cl)cc2Cl)n(-c2ccccc2)n1. The molecule has 4 rings (SSSR count). The molecule has 4 aromatic rings. The number of nitrogens with zero attached hydrogens (tertiary/aromatic N) is 3. The number of nitrogens with one attached hydrogen (secondary N) is 3. The highest BCUT2D eigenvalue weighted by molar-refractivity contribution is 6.38. The van der Waals surface area contributed by atoms with Gasteiger partial charge in [0.1, 0.15) is 17.3 Å². The molecule has 0 saturated carbocycles. The zero-order chi connectivity index (χ0) is 27.2. The maximum Gasteiger partial charge on any atom is 0.271 e. The van der Waals surface area contributed by atoms with E-state index in [9.17, 15) is 18.8 Å². The quantitative estimate of drug-likeness (QED) is 0.296. The first-order valence-corrected chi connectivity index (χ1v) is 12.1. The third kappa shape index (κ3) is 5.99. The molecule has 3 amide bonds. The highest BCUT2D eigenvalue weighted by Crippen LogP contribution is 2.33. The van der Waals surface area contributed by atoms with Crippen molar-refractivity contribution in [3.63, 3.8) is 0 Å². The molecule has 2 aromatic heterocycles. The summed E-state index contributed by atoms with van der Waals surface area (Å²) >= 11 is 12.6. The lowest BCUT2D eigenvalue weighted by Crippen LogP contribution is -2.29. The molecular formula is C26H21Cl2FN6O3. The lowest BCUT2D eigenvalue weighted by Gasteiger charge is -2.12. The number of carbonyl (C=O) groups excluding carboxylic acids is 3. The summed E-state index contributed by atoms with van der Waals surface area (Å²) in [5.41, 5.74) is 0.749. The summed E-state index contributed by atoms with van der Waals surface area (Å²) in [5, 5.41) is 12.3. The molecule has 0 aliphatic rings. The molecule has 2 heterocycles. The summed E-state index contributed by atoms with van der Waals surface area (Å²) in [5.74, 6) is -1.84. The smallest absolute Gasteiger partial charge is 0.271 e. The zero-order valence-corrected chi connectivity index (χ0v) is 21.5. The summed E-state index contributed by atoms with van der Waals surface area (Å²) in [6.45, 7) is 0.103. The molecule has 12 heteroatoms. The van der Waals surface area contributed by atoms with Crippen molar-refractivity contribution in [3.8, 4) is 16.9 Å². The molecule has 194 valence electrons. The molecule has 0 spiro atoms. The third-order valence-corrected chi connectivity index (χ3v) is 6.04. The molecule has 0 aliphatic carbocycles. The van der Waals surface area contributed by atoms with Crippen molar-refractivity contribution in [1.29, 1.82) is 0 Å². The summed E-state index contributed by atoms with van der Waals surface area (Å²) in [4.78, 5) is 41.5. The van der Waals surface area contributed by atoms with E-state index in [4.69, 9.17) is 23.2 Å². The van der Waals surface area contributed by atoms with Gasteiger partial charge in [0.05, 0.1) is 21.3 Å². The van der Waals surface area contributed by atoms with Crippen LogP contribution in [0.4, 0.5) is 10.2 Å². The molecule has 0 unspecified atom stereocenters. The van der Waals surface area contributed by atoms with Gasteiger partial charge in [-0.15, -0.1) is 0 Å². The minimum Gasteiger partial charge on any atom is -0.359 e. The Morgan fingerprint density at radius 2 is 1.74 bits per heavy atom. The average molecular weight is 555 g/mol. The summed E-state index contributed by atoms with van der Waals surface area (Å²) in [6.07, 6.45) is 1.50. The molecule has 0 saturated heterocycles. The van der Waals surface area contributed by atoms with Crippen LogP contribution in [0.5, 0.6) is 0 Å². The van der Waals surface area contributed by atoms with Gasteiger partial charge in [0.15, 0.2) is 5.69 Å². The van der Waals surface area contributed by atoms with Crippen LogP contribution in [0.25, 0.3) is 16.9 Å². The minimum atomic E-state index is -0.645. The molecular weight excluding hydrogens is 534 g/mol. The molecule has 0 atom stereocenters. The van der Waals surface area contributed by atoms with Gasteiger partial charge in [-0.05, 0) is 36.4 Å². The standard InChI is InChI=1S/C26H21Cl2FN6O3/c1-30-23(36)9-11-32-26(38)21-14-22(35(34-21)15-6-3-2-4-7-15)33-25(37)17-12-16(18(27)13-19(17)28)24-20(29)8-5-10-31-24/h2-8,10,12-14H,9,11H2,1H3,(H,30,36)(H,32,38)(H,33,37). The Morgan fingerprint density at radius 3 is 2.45 bits per heavy atom. The van der Waals surface area contributed by atoms with Crippen molar-refractivity contribution >= 4 is 46.7 Å². The van der Waals surface area contributed by atoms with Crippen LogP contribution in [-0.2, 0) is 4.79 Å². The Kier molecular flexibility index (Phi) is 8.35. The highest BCUT2D eigenvalue weighted by atomic mass is 35.5. The minimum absolute atomic E-state index is 0.00788. The Hall–Kier alpha value is -4.28. The van der Waals surface area contributed by atoms with Crippen LogP contribution >= 0.6 is 23.2 Å². The van der Waals surface area contributed by atoms with Gasteiger partial charge in [-0.1, -0.05) is 41.4 Å². The molecule has 0 bridgehead atoms. The molecule has 0 fully saturated rings. The zero-order valence-electron chi connectivity index (χ0n) is 20.0. The Bertz CT molecular complexity index is 1510. The van der Waals surface area contributed by atoms with Gasteiger partial charge in [0.2, 0.25) is 5.91 Å². The van der Waals surface area contributed by atoms with Gasteiger partial charge in [0.25, 0.3) is 11.8 Å². The number of hydrogen-bond donors (Lipinski definition) is 3. The molecule has 9 nitrogen and oxygen atoms in total. The largest absolute Gasteiger partial charge is 0.359 e. The predicted molar refractivity (Wildman–Crippen MR) is 142 cm³/mol. The van der Waals surface area contributed by atoms with Crippen molar-refractivity contribution in [2.24, 2.45) is 0 Å². The Balaban J connectivity index is 1.66. The topological polar surface area (TPSA) is 118 Å². The van der Waals surface area contributed by atoms with Crippen LogP contribution in [-0.4, -0.2) is 46.1 Å². The molecule has 3 N–H and O–H groups in total. The van der Waals surface area contributed by atoms with Crippen LogP contribution in [0.1, 0.15) is 27.3 Å². The summed E-state index contributed by atoms with van der Waals surface area (Å²) in [6, 6.07) is 15.6. The van der Waals surface area contributed by atoms with Gasteiger partial charge >= 0.3 is 0 Å². The van der Waals surface area contributed by atoms with Crippen LogP contribution < -0.4 is 16.0 Å². The summed E-state index contributed by atoms with van der Waals surface area (Å²) in [7, 11) is 1.50. The van der Waals surface area contributed by atoms with Crippen molar-refractivity contribution < 1.29 is 18.8 Å². The van der Waals surface area contributed by atoms with Gasteiger partial charge in [0, 0.05) is 37.8 Å². The Morgan fingerprint density at radius 1 is 0.974 bits per heavy atom. The lowest BCUT2D eigenvalue weighted by atomic mass is 10.1. The number of benzene rings is 2. The van der Waals surface area contributed by atoms with E-state index in [1.165, 1.54) is 48.3 Å². The van der Waals surface area contributed by atoms with E-state index in [1.807, 2.05) is 6.07 Å². The van der Waals surface area contributed by atoms with Crippen LogP contribution in [0.15, 0.2) is 66.9 Å². The molecule has 2 aromatic carbocycles. The average Bonchev–Trinajstić information content (AvgIpc) is 3.33. The van der Waals surface area contributed by atoms with E-state index in [2.05, 4.69) is 26.0 Å². The highest BCUT2D eigenvalue weighted by Gasteiger charge is 2.21. The summed E-state index contributed by atoms with van der Waals surface area (Å²) < 4.78 is 15.8. The van der Waals surface area contributed by atoms with Gasteiger partial charge < -0.3 is 16.0 Å². The number of amides is 3. The normalized spacial score (nSPS) is 10.6. The number of halogens is 3. The lowest BCUT2D eigenvalue weighted by molar-refractivity contribution is -0.120. The van der Waals surface area contributed by atoms with Gasteiger partial charge in [-0.2, -0.15) is 5.10 Å². The van der Waals surface area contributed by atoms with E-state index in [-0.39, 0.29) is 57.3 Å². The van der Waals surface area contributed by atoms with E-state index in [1.54, 1.807) is 24.3 Å². The van der Waals surface area contributed by atoms with Crippen LogP contribution in [0.3, 0.4) is 0 Å². The number of hydrogen-bond acceptors (Lipinski definition) is 5. The molecule has 0 radical (unpaired) electrons. The number of carbonyl (C=O) groups is 3. The maximum atomic E-state index is 14.4. The second-order valence-corrected chi connectivity index (χ2v) is 8.76. The van der Waals surface area contributed by atoms with E-state index < -0.39 is 17.6 Å². The van der Waals surface area contributed by atoms with Crippen LogP contribution in [0.2, 0.25) is 10.0 Å². The maximum absolute atomic E-state index is 14.4. The number of pyridine rings is 1. The van der Waals surface area contributed by atoms with E-state index in [0.717, 1.165) is 0 Å². The number of aromatic nitrogens is 3.